The van der Waals surface area contributed by atoms with Crippen molar-refractivity contribution in [3.8, 4) is 17.0 Å². The van der Waals surface area contributed by atoms with Gasteiger partial charge in [0.15, 0.2) is 0 Å². The number of fused-ring (bicyclic) bond motifs is 1. The van der Waals surface area contributed by atoms with Gasteiger partial charge in [-0.05, 0) is 30.3 Å². The Bertz CT molecular complexity index is 744. The molecule has 0 fully saturated rings. The Morgan fingerprint density at radius 2 is 1.85 bits per heavy atom. The molecule has 2 N–H and O–H groups in total. The van der Waals surface area contributed by atoms with Gasteiger partial charge in [-0.15, -0.1) is 0 Å². The summed E-state index contributed by atoms with van der Waals surface area (Å²) in [5.41, 5.74) is 6.66. The van der Waals surface area contributed by atoms with Gasteiger partial charge >= 0.3 is 6.18 Å². The molecule has 0 saturated carbocycles. The quantitative estimate of drug-likeness (QED) is 0.772. The average molecular weight is 370 g/mol. The van der Waals surface area contributed by atoms with Crippen molar-refractivity contribution in [2.24, 2.45) is 5.73 Å². The van der Waals surface area contributed by atoms with Crippen molar-refractivity contribution < 1.29 is 22.3 Å². The van der Waals surface area contributed by atoms with Gasteiger partial charge in [0.1, 0.15) is 23.2 Å². The Hall–Kier alpha value is -2.15. The summed E-state index contributed by atoms with van der Waals surface area (Å²) in [6.07, 6.45) is -4.49. The van der Waals surface area contributed by atoms with Crippen molar-refractivity contribution in [3.05, 3.63) is 47.4 Å². The number of benzene rings is 1. The molecule has 3 rings (SSSR count). The summed E-state index contributed by atoms with van der Waals surface area (Å²) >= 11 is 0. The van der Waals surface area contributed by atoms with Crippen molar-refractivity contribution in [2.75, 3.05) is 13.2 Å². The molecule has 0 spiro atoms. The molecule has 2 unspecified atom stereocenters. The monoisotopic (exact) mass is 370 g/mol. The highest BCUT2D eigenvalue weighted by molar-refractivity contribution is 5.70. The van der Waals surface area contributed by atoms with Crippen molar-refractivity contribution in [1.82, 2.24) is 4.98 Å². The molecule has 0 saturated heterocycles. The van der Waals surface area contributed by atoms with Crippen LogP contribution < -0.4 is 10.5 Å². The van der Waals surface area contributed by atoms with E-state index in [4.69, 9.17) is 10.5 Å². The molecular formula is C19H22F4N2O. The Morgan fingerprint density at radius 3 is 2.38 bits per heavy atom. The predicted octanol–water partition coefficient (Wildman–Crippen LogP) is 5.01. The first kappa shape index (κ1) is 20.2. The predicted molar refractivity (Wildman–Crippen MR) is 92.7 cm³/mol. The van der Waals surface area contributed by atoms with Crippen LogP contribution in [0, 0.1) is 5.82 Å². The zero-order chi connectivity index (χ0) is 19.5. The van der Waals surface area contributed by atoms with Crippen LogP contribution in [-0.4, -0.2) is 24.3 Å². The fourth-order valence-corrected chi connectivity index (χ4v) is 2.79. The van der Waals surface area contributed by atoms with Crippen LogP contribution in [0.3, 0.4) is 0 Å². The highest BCUT2D eigenvalue weighted by Crippen LogP contribution is 2.43. The molecule has 1 aliphatic heterocycles. The normalized spacial score (nSPS) is 17.0. The van der Waals surface area contributed by atoms with Crippen LogP contribution in [0.1, 0.15) is 43.9 Å². The number of nitrogens with zero attached hydrogens (tertiary/aromatic N) is 1. The number of hydrogen-bond acceptors (Lipinski definition) is 3. The van der Waals surface area contributed by atoms with Crippen LogP contribution >= 0.6 is 0 Å². The van der Waals surface area contributed by atoms with Crippen LogP contribution in [0.2, 0.25) is 0 Å². The molecule has 1 aliphatic rings. The van der Waals surface area contributed by atoms with E-state index in [1.807, 2.05) is 20.8 Å². The molecule has 0 radical (unpaired) electrons. The largest absolute Gasteiger partial charge is 0.490 e. The van der Waals surface area contributed by atoms with E-state index >= 15 is 0 Å². The highest BCUT2D eigenvalue weighted by atomic mass is 19.4. The van der Waals surface area contributed by atoms with Gasteiger partial charge in [0.25, 0.3) is 0 Å². The Labute approximate surface area is 150 Å². The van der Waals surface area contributed by atoms with Gasteiger partial charge in [0.05, 0.1) is 12.3 Å². The number of halogens is 4. The molecule has 2 atom stereocenters. The molecule has 1 aromatic heterocycles. The van der Waals surface area contributed by atoms with Crippen molar-refractivity contribution >= 4 is 0 Å². The highest BCUT2D eigenvalue weighted by Gasteiger charge is 2.42. The third kappa shape index (κ3) is 3.98. The summed E-state index contributed by atoms with van der Waals surface area (Å²) < 4.78 is 58.5. The van der Waals surface area contributed by atoms with Gasteiger partial charge in [-0.3, -0.25) is 0 Å². The number of aromatic nitrogens is 1. The number of ether oxygens (including phenoxy) is 1. The van der Waals surface area contributed by atoms with Crippen LogP contribution in [0.25, 0.3) is 11.3 Å². The number of hydrogen-bond donors (Lipinski definition) is 1. The van der Waals surface area contributed by atoms with Gasteiger partial charge in [-0.2, -0.15) is 13.2 Å². The summed E-state index contributed by atoms with van der Waals surface area (Å²) in [5.74, 6) is -1.88. The zero-order valence-electron chi connectivity index (χ0n) is 14.9. The Morgan fingerprint density at radius 1 is 1.23 bits per heavy atom. The van der Waals surface area contributed by atoms with E-state index in [0.29, 0.717) is 23.5 Å². The van der Waals surface area contributed by atoms with Crippen molar-refractivity contribution in [2.45, 2.75) is 38.8 Å². The van der Waals surface area contributed by atoms with Gasteiger partial charge in [-0.25, -0.2) is 9.37 Å². The van der Waals surface area contributed by atoms with Gasteiger partial charge in [-0.1, -0.05) is 20.8 Å². The lowest BCUT2D eigenvalue weighted by Gasteiger charge is -2.20. The summed E-state index contributed by atoms with van der Waals surface area (Å²) in [7, 11) is 0. The van der Waals surface area contributed by atoms with Gasteiger partial charge < -0.3 is 10.5 Å². The third-order valence-electron chi connectivity index (χ3n) is 4.14. The zero-order valence-corrected chi connectivity index (χ0v) is 14.9. The van der Waals surface area contributed by atoms with E-state index in [9.17, 15) is 17.6 Å². The van der Waals surface area contributed by atoms with Crippen molar-refractivity contribution in [3.63, 3.8) is 0 Å². The van der Waals surface area contributed by atoms with Crippen LogP contribution in [-0.2, 0) is 0 Å². The standard InChI is InChI=1S/C17H16F4N2O.C2H6/c1-9-8-24-16-12(9)6-14(13(7-22)17(19,20)21)23-15(16)10-2-4-11(18)5-3-10;1-2/h2-6,9,13H,7-8,22H2,1H3;1-2H3. The first-order chi connectivity index (χ1) is 12.3. The van der Waals surface area contributed by atoms with E-state index in [-0.39, 0.29) is 17.3 Å². The fraction of sp³-hybridized carbons (Fsp3) is 0.421. The van der Waals surface area contributed by atoms with E-state index in [2.05, 4.69) is 4.98 Å². The molecule has 142 valence electrons. The smallest absolute Gasteiger partial charge is 0.398 e. The lowest BCUT2D eigenvalue weighted by atomic mass is 9.95. The maximum absolute atomic E-state index is 13.2. The molecule has 2 aromatic rings. The number of alkyl halides is 3. The molecule has 2 heterocycles. The lowest BCUT2D eigenvalue weighted by molar-refractivity contribution is -0.148. The molecule has 0 bridgehead atoms. The molecule has 26 heavy (non-hydrogen) atoms. The molecular weight excluding hydrogens is 348 g/mol. The molecule has 0 aliphatic carbocycles. The minimum absolute atomic E-state index is 0.0485. The Balaban J connectivity index is 0.00000117. The maximum atomic E-state index is 13.2. The summed E-state index contributed by atoms with van der Waals surface area (Å²) in [6.45, 7) is 5.65. The van der Waals surface area contributed by atoms with E-state index in [1.165, 1.54) is 30.3 Å². The minimum atomic E-state index is -4.49. The molecule has 1 aromatic carbocycles. The Kier molecular flexibility index (Phi) is 6.23. The summed E-state index contributed by atoms with van der Waals surface area (Å²) in [4.78, 5) is 4.17. The summed E-state index contributed by atoms with van der Waals surface area (Å²) in [5, 5.41) is 0. The van der Waals surface area contributed by atoms with Gasteiger partial charge in [0.2, 0.25) is 0 Å². The molecule has 0 amide bonds. The van der Waals surface area contributed by atoms with Crippen LogP contribution in [0.4, 0.5) is 17.6 Å². The average Bonchev–Trinajstić information content (AvgIpc) is 2.97. The van der Waals surface area contributed by atoms with Crippen molar-refractivity contribution in [1.29, 1.82) is 0 Å². The second kappa shape index (κ2) is 8.03. The van der Waals surface area contributed by atoms with E-state index < -0.39 is 24.5 Å². The third-order valence-corrected chi connectivity index (χ3v) is 4.14. The minimum Gasteiger partial charge on any atom is -0.490 e. The van der Waals surface area contributed by atoms with Crippen LogP contribution in [0.5, 0.6) is 5.75 Å². The number of nitrogens with two attached hydrogens (primary N) is 1. The maximum Gasteiger partial charge on any atom is 0.398 e. The topological polar surface area (TPSA) is 48.1 Å². The molecule has 3 nitrogen and oxygen atoms in total. The van der Waals surface area contributed by atoms with E-state index in [1.54, 1.807) is 0 Å². The molecule has 7 heteroatoms. The second-order valence-corrected chi connectivity index (χ2v) is 5.86. The fourth-order valence-electron chi connectivity index (χ4n) is 2.79. The van der Waals surface area contributed by atoms with Gasteiger partial charge in [0, 0.05) is 23.6 Å². The number of pyridine rings is 1. The lowest BCUT2D eigenvalue weighted by Crippen LogP contribution is -2.29. The summed E-state index contributed by atoms with van der Waals surface area (Å²) in [6, 6.07) is 6.83. The first-order valence-corrected chi connectivity index (χ1v) is 8.51. The second-order valence-electron chi connectivity index (χ2n) is 5.86. The number of rotatable bonds is 3. The SMILES string of the molecule is CC.CC1COc2c1cc(C(CN)C(F)(F)F)nc2-c1ccc(F)cc1. The first-order valence-electron chi connectivity index (χ1n) is 8.51. The van der Waals surface area contributed by atoms with Crippen LogP contribution in [0.15, 0.2) is 30.3 Å². The van der Waals surface area contributed by atoms with E-state index in [0.717, 1.165) is 0 Å².